The molecular weight excluding hydrogens is 316 g/mol. The number of aromatic nitrogens is 4. The summed E-state index contributed by atoms with van der Waals surface area (Å²) in [6.45, 7) is 0. The summed E-state index contributed by atoms with van der Waals surface area (Å²) in [5.41, 5.74) is 1.60. The Balaban J connectivity index is 1.43. The van der Waals surface area contributed by atoms with E-state index in [1.807, 2.05) is 24.3 Å². The number of rotatable bonds is 5. The molecule has 114 valence electrons. The van der Waals surface area contributed by atoms with Gasteiger partial charge >= 0.3 is 0 Å². The Morgan fingerprint density at radius 1 is 1.04 bits per heavy atom. The molecule has 23 heavy (non-hydrogen) atoms. The molecule has 4 aromatic heterocycles. The third-order valence-corrected chi connectivity index (χ3v) is 3.85. The molecule has 0 spiro atoms. The third-order valence-electron chi connectivity index (χ3n) is 3.00. The van der Waals surface area contributed by atoms with Crippen molar-refractivity contribution in [1.82, 2.24) is 20.3 Å². The first-order chi connectivity index (χ1) is 11.4. The zero-order chi connectivity index (χ0) is 15.5. The first kappa shape index (κ1) is 13.8. The second kappa shape index (κ2) is 6.09. The lowest BCUT2D eigenvalue weighted by Crippen LogP contribution is -1.79. The van der Waals surface area contributed by atoms with Gasteiger partial charge in [-0.25, -0.2) is 0 Å². The molecule has 4 heterocycles. The van der Waals surface area contributed by atoms with Crippen LogP contribution in [0.4, 0.5) is 0 Å². The molecule has 0 aromatic carbocycles. The molecule has 0 saturated heterocycles. The van der Waals surface area contributed by atoms with Gasteiger partial charge in [0.1, 0.15) is 0 Å². The summed E-state index contributed by atoms with van der Waals surface area (Å²) in [5.74, 6) is 2.26. The van der Waals surface area contributed by atoms with Gasteiger partial charge < -0.3 is 13.4 Å². The van der Waals surface area contributed by atoms with Crippen molar-refractivity contribution in [2.45, 2.75) is 11.0 Å². The largest absolute Gasteiger partial charge is 0.461 e. The zero-order valence-electron chi connectivity index (χ0n) is 11.7. The minimum absolute atomic E-state index is 0.464. The van der Waals surface area contributed by atoms with Crippen LogP contribution in [0.1, 0.15) is 5.69 Å². The normalized spacial score (nSPS) is 11.0. The Bertz CT molecular complexity index is 887. The second-order valence-electron chi connectivity index (χ2n) is 4.56. The van der Waals surface area contributed by atoms with Crippen molar-refractivity contribution < 1.29 is 13.4 Å². The maximum Gasteiger partial charge on any atom is 0.277 e. The van der Waals surface area contributed by atoms with Crippen LogP contribution in [-0.2, 0) is 5.75 Å². The summed E-state index contributed by atoms with van der Waals surface area (Å²) in [7, 11) is 0. The highest BCUT2D eigenvalue weighted by molar-refractivity contribution is 7.98. The summed E-state index contributed by atoms with van der Waals surface area (Å²) in [4.78, 5) is 3.96. The van der Waals surface area contributed by atoms with Crippen LogP contribution in [-0.4, -0.2) is 20.3 Å². The molecule has 0 N–H and O–H groups in total. The molecule has 0 amide bonds. The van der Waals surface area contributed by atoms with E-state index in [1.54, 1.807) is 24.7 Å². The van der Waals surface area contributed by atoms with Gasteiger partial charge in [-0.15, -0.1) is 10.2 Å². The van der Waals surface area contributed by atoms with Gasteiger partial charge in [-0.05, 0) is 24.3 Å². The van der Waals surface area contributed by atoms with E-state index >= 15 is 0 Å². The molecule has 0 bridgehead atoms. The number of hydrogen-bond acceptors (Lipinski definition) is 8. The van der Waals surface area contributed by atoms with E-state index in [0.717, 1.165) is 11.3 Å². The van der Waals surface area contributed by atoms with Crippen LogP contribution in [0.5, 0.6) is 0 Å². The van der Waals surface area contributed by atoms with Crippen LogP contribution < -0.4 is 0 Å². The van der Waals surface area contributed by atoms with Crippen LogP contribution in [0.2, 0.25) is 0 Å². The number of nitrogens with zero attached hydrogens (tertiary/aromatic N) is 4. The first-order valence-electron chi connectivity index (χ1n) is 6.75. The number of hydrogen-bond donors (Lipinski definition) is 0. The van der Waals surface area contributed by atoms with Crippen LogP contribution in [0.15, 0.2) is 67.6 Å². The maximum absolute atomic E-state index is 5.61. The third kappa shape index (κ3) is 3.02. The summed E-state index contributed by atoms with van der Waals surface area (Å²) < 4.78 is 16.1. The molecule has 4 rings (SSSR count). The molecule has 0 aliphatic rings. The summed E-state index contributed by atoms with van der Waals surface area (Å²) in [6, 6.07) is 9.07. The van der Waals surface area contributed by atoms with Crippen LogP contribution in [0.3, 0.4) is 0 Å². The van der Waals surface area contributed by atoms with Crippen molar-refractivity contribution >= 4 is 11.8 Å². The molecule has 0 saturated carbocycles. The van der Waals surface area contributed by atoms with E-state index in [9.17, 15) is 0 Å². The van der Waals surface area contributed by atoms with E-state index in [0.29, 0.717) is 28.4 Å². The summed E-state index contributed by atoms with van der Waals surface area (Å²) >= 11 is 1.39. The highest BCUT2D eigenvalue weighted by Gasteiger charge is 2.12. The molecule has 0 aliphatic heterocycles. The monoisotopic (exact) mass is 326 g/mol. The fourth-order valence-electron chi connectivity index (χ4n) is 1.93. The van der Waals surface area contributed by atoms with Crippen molar-refractivity contribution in [1.29, 1.82) is 0 Å². The quantitative estimate of drug-likeness (QED) is 0.513. The van der Waals surface area contributed by atoms with Crippen molar-refractivity contribution in [3.63, 3.8) is 0 Å². The van der Waals surface area contributed by atoms with E-state index in [2.05, 4.69) is 20.3 Å². The average Bonchev–Trinajstić information content (AvgIpc) is 3.33. The molecule has 0 unspecified atom stereocenters. The lowest BCUT2D eigenvalue weighted by molar-refractivity contribution is 0.413. The van der Waals surface area contributed by atoms with Crippen molar-refractivity contribution in [2.75, 3.05) is 0 Å². The van der Waals surface area contributed by atoms with Gasteiger partial charge in [-0.1, -0.05) is 16.9 Å². The highest BCUT2D eigenvalue weighted by atomic mass is 32.2. The van der Waals surface area contributed by atoms with Crippen LogP contribution in [0, 0.1) is 0 Å². The molecule has 0 radical (unpaired) electrons. The fraction of sp³-hybridized carbons (Fsp3) is 0.0667. The Labute approximate surface area is 134 Å². The highest BCUT2D eigenvalue weighted by Crippen LogP contribution is 2.27. The molecule has 0 aliphatic carbocycles. The average molecular weight is 326 g/mol. The van der Waals surface area contributed by atoms with E-state index in [-0.39, 0.29) is 0 Å². The van der Waals surface area contributed by atoms with Gasteiger partial charge in [0.05, 0.1) is 12.0 Å². The predicted octanol–water partition coefficient (Wildman–Crippen LogP) is 3.67. The van der Waals surface area contributed by atoms with Crippen molar-refractivity contribution in [3.8, 4) is 23.0 Å². The smallest absolute Gasteiger partial charge is 0.277 e. The number of thioether (sulfide) groups is 1. The van der Waals surface area contributed by atoms with Crippen LogP contribution >= 0.6 is 11.8 Å². The van der Waals surface area contributed by atoms with Gasteiger partial charge in [0, 0.05) is 29.8 Å². The van der Waals surface area contributed by atoms with E-state index in [1.165, 1.54) is 11.8 Å². The van der Waals surface area contributed by atoms with Crippen molar-refractivity contribution in [2.24, 2.45) is 0 Å². The fourth-order valence-corrected chi connectivity index (χ4v) is 2.57. The lowest BCUT2D eigenvalue weighted by Gasteiger charge is -1.92. The molecule has 7 nitrogen and oxygen atoms in total. The van der Waals surface area contributed by atoms with Gasteiger partial charge in [0.2, 0.25) is 11.7 Å². The Morgan fingerprint density at radius 2 is 1.96 bits per heavy atom. The summed E-state index contributed by atoms with van der Waals surface area (Å²) in [6.07, 6.45) is 4.95. The minimum Gasteiger partial charge on any atom is -0.461 e. The minimum atomic E-state index is 0.464. The SMILES string of the molecule is c1coc(-c2cc(CSc3nnc(-c4ccncc4)o3)no2)c1. The van der Waals surface area contributed by atoms with Gasteiger partial charge in [-0.3, -0.25) is 4.98 Å². The lowest BCUT2D eigenvalue weighted by atomic mass is 10.3. The Hall–Kier alpha value is -2.87. The number of pyridine rings is 1. The van der Waals surface area contributed by atoms with E-state index < -0.39 is 0 Å². The predicted molar refractivity (Wildman–Crippen MR) is 81.3 cm³/mol. The molecule has 8 heteroatoms. The molecule has 0 atom stereocenters. The number of furan rings is 1. The second-order valence-corrected chi connectivity index (χ2v) is 5.48. The molecule has 0 fully saturated rings. The van der Waals surface area contributed by atoms with Gasteiger partial charge in [0.15, 0.2) is 5.76 Å². The zero-order valence-corrected chi connectivity index (χ0v) is 12.6. The first-order valence-corrected chi connectivity index (χ1v) is 7.73. The topological polar surface area (TPSA) is 91.0 Å². The summed E-state index contributed by atoms with van der Waals surface area (Å²) in [5, 5.41) is 12.5. The Morgan fingerprint density at radius 3 is 2.78 bits per heavy atom. The molecule has 4 aromatic rings. The maximum atomic E-state index is 5.61. The molecular formula is C15H10N4O3S. The van der Waals surface area contributed by atoms with Gasteiger partial charge in [0.25, 0.3) is 5.22 Å². The Kier molecular flexibility index (Phi) is 3.65. The van der Waals surface area contributed by atoms with Crippen LogP contribution in [0.25, 0.3) is 23.0 Å². The van der Waals surface area contributed by atoms with Crippen molar-refractivity contribution in [3.05, 3.63) is 54.7 Å². The standard InChI is InChI=1S/C15H10N4O3S/c1-2-12(20-7-1)13-8-11(19-22-13)9-23-15-18-17-14(21-15)10-3-5-16-6-4-10/h1-8H,9H2. The van der Waals surface area contributed by atoms with Gasteiger partial charge in [-0.2, -0.15) is 0 Å². The van der Waals surface area contributed by atoms with E-state index in [4.69, 9.17) is 13.4 Å².